The molecule has 0 bridgehead atoms. The highest BCUT2D eigenvalue weighted by atomic mass is 19.4. The molecule has 1 N–H and O–H groups in total. The van der Waals surface area contributed by atoms with Crippen molar-refractivity contribution in [1.29, 1.82) is 0 Å². The van der Waals surface area contributed by atoms with Crippen molar-refractivity contribution in [2.45, 2.75) is 19.0 Å². The van der Waals surface area contributed by atoms with Crippen LogP contribution in [-0.4, -0.2) is 23.2 Å². The van der Waals surface area contributed by atoms with E-state index in [-0.39, 0.29) is 5.69 Å². The van der Waals surface area contributed by atoms with Crippen molar-refractivity contribution >= 4 is 11.8 Å². The van der Waals surface area contributed by atoms with Gasteiger partial charge in [-0.3, -0.25) is 10.1 Å². The highest BCUT2D eigenvalue weighted by Gasteiger charge is 2.63. The Balaban J connectivity index is 2.80. The predicted molar refractivity (Wildman–Crippen MR) is 40.9 cm³/mol. The summed E-state index contributed by atoms with van der Waals surface area (Å²) in [7, 11) is 0. The van der Waals surface area contributed by atoms with Crippen molar-refractivity contribution in [3.05, 3.63) is 11.8 Å². The number of rotatable bonds is 2. The molecule has 1 aromatic rings. The van der Waals surface area contributed by atoms with E-state index in [4.69, 9.17) is 0 Å². The van der Waals surface area contributed by atoms with Gasteiger partial charge in [0.05, 0.1) is 5.69 Å². The average molecular weight is 244 g/mol. The Kier molecular flexibility index (Phi) is 2.89. The molecule has 0 aliphatic heterocycles. The van der Waals surface area contributed by atoms with Gasteiger partial charge < -0.3 is 4.52 Å². The summed E-state index contributed by atoms with van der Waals surface area (Å²) in [5, 5.41) is 4.47. The number of aryl methyl sites for hydroxylation is 1. The molecule has 0 atom stereocenters. The van der Waals surface area contributed by atoms with Crippen LogP contribution >= 0.6 is 0 Å². The third-order valence-corrected chi connectivity index (χ3v) is 1.51. The molecular formula is C7H5F5N2O2. The Hall–Kier alpha value is -1.67. The number of nitrogens with one attached hydrogen (secondary N) is 1. The largest absolute Gasteiger partial charge is 0.463 e. The highest BCUT2D eigenvalue weighted by Crippen LogP contribution is 2.36. The summed E-state index contributed by atoms with van der Waals surface area (Å²) in [5.74, 6) is -8.57. The van der Waals surface area contributed by atoms with Gasteiger partial charge in [0.25, 0.3) is 0 Å². The van der Waals surface area contributed by atoms with E-state index in [2.05, 4.69) is 9.68 Å². The zero-order valence-corrected chi connectivity index (χ0v) is 7.73. The summed E-state index contributed by atoms with van der Waals surface area (Å²) < 4.78 is 64.3. The van der Waals surface area contributed by atoms with Crippen LogP contribution < -0.4 is 5.32 Å². The lowest BCUT2D eigenvalue weighted by molar-refractivity contribution is -0.267. The first-order chi connectivity index (χ1) is 7.14. The Morgan fingerprint density at radius 2 is 1.94 bits per heavy atom. The van der Waals surface area contributed by atoms with Crippen molar-refractivity contribution in [3.8, 4) is 0 Å². The van der Waals surface area contributed by atoms with Crippen molar-refractivity contribution in [1.82, 2.24) is 5.16 Å². The first-order valence-corrected chi connectivity index (χ1v) is 3.84. The van der Waals surface area contributed by atoms with Crippen LogP contribution in [0, 0.1) is 6.92 Å². The van der Waals surface area contributed by atoms with E-state index in [1.165, 1.54) is 12.2 Å². The van der Waals surface area contributed by atoms with Gasteiger partial charge in [-0.15, -0.1) is 0 Å². The second kappa shape index (κ2) is 3.72. The van der Waals surface area contributed by atoms with Crippen LogP contribution in [0.25, 0.3) is 0 Å². The number of aromatic nitrogens is 1. The van der Waals surface area contributed by atoms with Gasteiger partial charge in [0.1, 0.15) is 0 Å². The second-order valence-electron chi connectivity index (χ2n) is 2.86. The lowest BCUT2D eigenvalue weighted by Gasteiger charge is -2.17. The van der Waals surface area contributed by atoms with Crippen LogP contribution in [0.4, 0.5) is 27.8 Å². The molecule has 1 aromatic heterocycles. The first-order valence-electron chi connectivity index (χ1n) is 3.84. The Morgan fingerprint density at radius 3 is 2.31 bits per heavy atom. The number of amides is 1. The summed E-state index contributed by atoms with van der Waals surface area (Å²) in [6.45, 7) is 1.40. The molecular weight excluding hydrogens is 239 g/mol. The molecule has 0 saturated carbocycles. The van der Waals surface area contributed by atoms with Gasteiger partial charge in [-0.25, -0.2) is 0 Å². The summed E-state index contributed by atoms with van der Waals surface area (Å²) in [5.41, 5.74) is 0.227. The Labute approximate surface area is 85.4 Å². The number of anilines is 1. The van der Waals surface area contributed by atoms with Gasteiger partial charge in [-0.05, 0) is 6.92 Å². The Bertz CT molecular complexity index is 398. The zero-order chi connectivity index (χ0) is 12.6. The summed E-state index contributed by atoms with van der Waals surface area (Å²) in [6, 6.07) is 1.00. The number of alkyl halides is 5. The maximum atomic E-state index is 12.4. The van der Waals surface area contributed by atoms with Gasteiger partial charge >= 0.3 is 18.0 Å². The molecule has 1 amide bonds. The molecule has 0 aliphatic carbocycles. The maximum absolute atomic E-state index is 12.4. The fourth-order valence-electron chi connectivity index (χ4n) is 0.742. The normalized spacial score (nSPS) is 12.6. The van der Waals surface area contributed by atoms with Crippen LogP contribution in [0.2, 0.25) is 0 Å². The summed E-state index contributed by atoms with van der Waals surface area (Å²) in [4.78, 5) is 10.6. The summed E-state index contributed by atoms with van der Waals surface area (Å²) in [6.07, 6.45) is -5.95. The molecule has 0 spiro atoms. The molecule has 0 radical (unpaired) electrons. The van der Waals surface area contributed by atoms with Gasteiger partial charge in [0.15, 0.2) is 0 Å². The van der Waals surface area contributed by atoms with Gasteiger partial charge in [-0.1, -0.05) is 5.16 Å². The highest BCUT2D eigenvalue weighted by molar-refractivity contribution is 5.95. The fraction of sp³-hybridized carbons (Fsp3) is 0.429. The lowest BCUT2D eigenvalue weighted by Crippen LogP contribution is -2.47. The molecule has 90 valence electrons. The van der Waals surface area contributed by atoms with E-state index in [9.17, 15) is 26.7 Å². The smallest absolute Gasteiger partial charge is 0.338 e. The third kappa shape index (κ3) is 2.28. The van der Waals surface area contributed by atoms with Gasteiger partial charge in [0.2, 0.25) is 5.88 Å². The van der Waals surface area contributed by atoms with Crippen molar-refractivity contribution < 1.29 is 31.3 Å². The number of hydrogen-bond donors (Lipinski definition) is 1. The monoisotopic (exact) mass is 244 g/mol. The van der Waals surface area contributed by atoms with Crippen molar-refractivity contribution in [3.63, 3.8) is 0 Å². The minimum Gasteiger partial charge on any atom is -0.338 e. The van der Waals surface area contributed by atoms with Crippen LogP contribution in [0.15, 0.2) is 10.6 Å². The Morgan fingerprint density at radius 1 is 1.38 bits per heavy atom. The predicted octanol–water partition coefficient (Wildman–Crippen LogP) is 2.12. The number of hydrogen-bond acceptors (Lipinski definition) is 3. The number of nitrogens with zero attached hydrogens (tertiary/aromatic N) is 1. The van der Waals surface area contributed by atoms with E-state index in [1.54, 1.807) is 0 Å². The van der Waals surface area contributed by atoms with E-state index in [0.717, 1.165) is 6.07 Å². The lowest BCUT2D eigenvalue weighted by atomic mass is 10.3. The SMILES string of the molecule is Cc1cc(NC(=O)C(F)(F)C(F)(F)F)on1. The molecule has 0 aromatic carbocycles. The van der Waals surface area contributed by atoms with E-state index >= 15 is 0 Å². The molecule has 0 saturated heterocycles. The van der Waals surface area contributed by atoms with Crippen LogP contribution in [0.3, 0.4) is 0 Å². The molecule has 9 heteroatoms. The number of halogens is 5. The molecule has 16 heavy (non-hydrogen) atoms. The zero-order valence-electron chi connectivity index (χ0n) is 7.73. The fourth-order valence-corrected chi connectivity index (χ4v) is 0.742. The minimum atomic E-state index is -5.95. The van der Waals surface area contributed by atoms with Crippen LogP contribution in [0.1, 0.15) is 5.69 Å². The van der Waals surface area contributed by atoms with Crippen LogP contribution in [-0.2, 0) is 4.79 Å². The van der Waals surface area contributed by atoms with E-state index < -0.39 is 23.9 Å². The molecule has 1 rings (SSSR count). The minimum absolute atomic E-state index is 0.227. The van der Waals surface area contributed by atoms with Gasteiger partial charge in [0, 0.05) is 6.07 Å². The molecule has 0 fully saturated rings. The second-order valence-corrected chi connectivity index (χ2v) is 2.86. The number of carbonyl (C=O) groups is 1. The average Bonchev–Trinajstić information content (AvgIpc) is 2.49. The first kappa shape index (κ1) is 12.4. The topological polar surface area (TPSA) is 55.1 Å². The maximum Gasteiger partial charge on any atom is 0.463 e. The van der Waals surface area contributed by atoms with Gasteiger partial charge in [-0.2, -0.15) is 22.0 Å². The number of carbonyl (C=O) groups excluding carboxylic acids is 1. The molecule has 0 aliphatic rings. The van der Waals surface area contributed by atoms with Crippen LogP contribution in [0.5, 0.6) is 0 Å². The summed E-state index contributed by atoms with van der Waals surface area (Å²) >= 11 is 0. The van der Waals surface area contributed by atoms with E-state index in [0.29, 0.717) is 0 Å². The molecule has 1 heterocycles. The molecule has 0 unspecified atom stereocenters. The van der Waals surface area contributed by atoms with Crippen molar-refractivity contribution in [2.75, 3.05) is 5.32 Å². The standard InChI is InChI=1S/C7H5F5N2O2/c1-3-2-4(16-14-3)13-5(15)6(8,9)7(10,11)12/h2H,1H3,(H,13,15). The van der Waals surface area contributed by atoms with E-state index in [1.807, 2.05) is 0 Å². The van der Waals surface area contributed by atoms with Crippen molar-refractivity contribution in [2.24, 2.45) is 0 Å². The molecule has 4 nitrogen and oxygen atoms in total. The third-order valence-electron chi connectivity index (χ3n) is 1.51. The quantitative estimate of drug-likeness (QED) is 0.810.